The van der Waals surface area contributed by atoms with Gasteiger partial charge in [0.05, 0.1) is 5.92 Å². The van der Waals surface area contributed by atoms with Gasteiger partial charge in [-0.25, -0.2) is 9.80 Å². The molecule has 2 N–H and O–H groups in total. The van der Waals surface area contributed by atoms with E-state index in [1.165, 1.54) is 0 Å². The van der Waals surface area contributed by atoms with E-state index in [0.29, 0.717) is 25.9 Å². The van der Waals surface area contributed by atoms with Gasteiger partial charge >= 0.3 is 12.1 Å². The number of carbonyl (C=O) groups excluding carboxylic acids is 1. The van der Waals surface area contributed by atoms with Crippen molar-refractivity contribution in [2.75, 3.05) is 13.1 Å². The lowest BCUT2D eigenvalue weighted by molar-refractivity contribution is -0.143. The first-order chi connectivity index (χ1) is 7.78. The average molecular weight is 244 g/mol. The van der Waals surface area contributed by atoms with Crippen LogP contribution in [-0.4, -0.2) is 40.9 Å². The van der Waals surface area contributed by atoms with Crippen molar-refractivity contribution < 1.29 is 19.4 Å². The lowest BCUT2D eigenvalue weighted by Gasteiger charge is -2.31. The molecule has 0 aromatic rings. The van der Waals surface area contributed by atoms with Crippen LogP contribution in [0.4, 0.5) is 4.79 Å². The molecular weight excluding hydrogens is 224 g/mol. The SMILES string of the molecule is CC(C)(C)OC(=O)NN1CCC(C(=O)O)CC1. The number of hydrazine groups is 1. The molecule has 17 heavy (non-hydrogen) atoms. The Morgan fingerprint density at radius 3 is 2.24 bits per heavy atom. The van der Waals surface area contributed by atoms with Gasteiger partial charge in [-0.1, -0.05) is 0 Å². The molecule has 6 nitrogen and oxygen atoms in total. The Balaban J connectivity index is 2.31. The first-order valence-electron chi connectivity index (χ1n) is 5.75. The third-order valence-electron chi connectivity index (χ3n) is 2.49. The van der Waals surface area contributed by atoms with Gasteiger partial charge in [0.1, 0.15) is 5.60 Å². The molecule has 0 aliphatic carbocycles. The molecule has 1 aliphatic rings. The molecule has 0 spiro atoms. The smallest absolute Gasteiger partial charge is 0.422 e. The molecule has 1 rings (SSSR count). The van der Waals surface area contributed by atoms with Gasteiger partial charge < -0.3 is 9.84 Å². The summed E-state index contributed by atoms with van der Waals surface area (Å²) in [6.45, 7) is 6.46. The average Bonchev–Trinajstić information content (AvgIpc) is 2.15. The van der Waals surface area contributed by atoms with Crippen molar-refractivity contribution in [3.8, 4) is 0 Å². The molecule has 0 aromatic carbocycles. The number of hydrogen-bond acceptors (Lipinski definition) is 4. The van der Waals surface area contributed by atoms with Gasteiger partial charge in [0.2, 0.25) is 0 Å². The van der Waals surface area contributed by atoms with Crippen molar-refractivity contribution >= 4 is 12.1 Å². The summed E-state index contributed by atoms with van der Waals surface area (Å²) in [5.41, 5.74) is 2.09. The highest BCUT2D eigenvalue weighted by Gasteiger charge is 2.26. The van der Waals surface area contributed by atoms with Crippen molar-refractivity contribution in [1.82, 2.24) is 10.4 Å². The molecule has 1 amide bonds. The van der Waals surface area contributed by atoms with Crippen LogP contribution in [0, 0.1) is 5.92 Å². The zero-order chi connectivity index (χ0) is 13.1. The summed E-state index contributed by atoms with van der Waals surface area (Å²) in [5.74, 6) is -1.06. The molecule has 0 unspecified atom stereocenters. The van der Waals surface area contributed by atoms with Crippen LogP contribution < -0.4 is 5.43 Å². The number of rotatable bonds is 2. The van der Waals surface area contributed by atoms with Crippen LogP contribution >= 0.6 is 0 Å². The highest BCUT2D eigenvalue weighted by Crippen LogP contribution is 2.16. The van der Waals surface area contributed by atoms with E-state index >= 15 is 0 Å². The number of aliphatic carboxylic acids is 1. The lowest BCUT2D eigenvalue weighted by Crippen LogP contribution is -2.49. The molecule has 0 bridgehead atoms. The Hall–Kier alpha value is -1.30. The second kappa shape index (κ2) is 5.35. The first-order valence-corrected chi connectivity index (χ1v) is 5.75. The summed E-state index contributed by atoms with van der Waals surface area (Å²) in [6.07, 6.45) is 0.599. The van der Waals surface area contributed by atoms with Gasteiger partial charge in [0.15, 0.2) is 0 Å². The van der Waals surface area contributed by atoms with Crippen LogP contribution in [0.15, 0.2) is 0 Å². The minimum Gasteiger partial charge on any atom is -0.481 e. The Bertz CT molecular complexity index is 290. The van der Waals surface area contributed by atoms with E-state index in [1.54, 1.807) is 25.8 Å². The fraction of sp³-hybridized carbons (Fsp3) is 0.818. The number of hydrogen-bond donors (Lipinski definition) is 2. The number of nitrogens with one attached hydrogen (secondary N) is 1. The van der Waals surface area contributed by atoms with Crippen LogP contribution in [-0.2, 0) is 9.53 Å². The molecule has 98 valence electrons. The maximum atomic E-state index is 11.5. The molecule has 0 saturated carbocycles. The normalized spacial score (nSPS) is 18.8. The summed E-state index contributed by atoms with van der Waals surface area (Å²) in [5, 5.41) is 10.5. The summed E-state index contributed by atoms with van der Waals surface area (Å²) in [4.78, 5) is 22.2. The Morgan fingerprint density at radius 1 is 1.29 bits per heavy atom. The van der Waals surface area contributed by atoms with E-state index in [4.69, 9.17) is 9.84 Å². The fourth-order valence-electron chi connectivity index (χ4n) is 1.67. The number of carboxylic acid groups (broad SMARTS) is 1. The Labute approximate surface area is 101 Å². The zero-order valence-electron chi connectivity index (χ0n) is 10.5. The van der Waals surface area contributed by atoms with Gasteiger partial charge in [0, 0.05) is 13.1 Å². The van der Waals surface area contributed by atoms with Gasteiger partial charge in [0.25, 0.3) is 0 Å². The Kier molecular flexibility index (Phi) is 4.34. The summed E-state index contributed by atoms with van der Waals surface area (Å²) >= 11 is 0. The number of amides is 1. The molecule has 6 heteroatoms. The summed E-state index contributed by atoms with van der Waals surface area (Å²) in [6, 6.07) is 0. The van der Waals surface area contributed by atoms with Crippen molar-refractivity contribution in [3.05, 3.63) is 0 Å². The third kappa shape index (κ3) is 5.04. The molecule has 1 aliphatic heterocycles. The molecule has 0 atom stereocenters. The molecular formula is C11H20N2O4. The van der Waals surface area contributed by atoms with Gasteiger partial charge in [-0.3, -0.25) is 10.2 Å². The zero-order valence-corrected chi connectivity index (χ0v) is 10.5. The topological polar surface area (TPSA) is 78.9 Å². The standard InChI is InChI=1S/C11H20N2O4/c1-11(2,3)17-10(16)12-13-6-4-8(5-7-13)9(14)15/h8H,4-7H2,1-3H3,(H,12,16)(H,14,15). The number of carboxylic acids is 1. The van der Waals surface area contributed by atoms with E-state index in [2.05, 4.69) is 5.43 Å². The van der Waals surface area contributed by atoms with E-state index in [-0.39, 0.29) is 5.92 Å². The van der Waals surface area contributed by atoms with E-state index in [1.807, 2.05) is 0 Å². The molecule has 1 fully saturated rings. The maximum Gasteiger partial charge on any atom is 0.422 e. The molecule has 0 radical (unpaired) electrons. The number of nitrogens with zero attached hydrogens (tertiary/aromatic N) is 1. The second-order valence-electron chi connectivity index (χ2n) is 5.21. The first kappa shape index (κ1) is 13.8. The van der Waals surface area contributed by atoms with Crippen LogP contribution in [0.3, 0.4) is 0 Å². The fourth-order valence-corrected chi connectivity index (χ4v) is 1.67. The van der Waals surface area contributed by atoms with Gasteiger partial charge in [-0.05, 0) is 33.6 Å². The Morgan fingerprint density at radius 2 is 1.82 bits per heavy atom. The van der Waals surface area contributed by atoms with Crippen LogP contribution in [0.5, 0.6) is 0 Å². The minimum atomic E-state index is -0.762. The largest absolute Gasteiger partial charge is 0.481 e. The van der Waals surface area contributed by atoms with E-state index in [0.717, 1.165) is 0 Å². The monoisotopic (exact) mass is 244 g/mol. The van der Waals surface area contributed by atoms with Gasteiger partial charge in [-0.15, -0.1) is 0 Å². The van der Waals surface area contributed by atoms with E-state index in [9.17, 15) is 9.59 Å². The summed E-state index contributed by atoms with van der Waals surface area (Å²) < 4.78 is 5.11. The third-order valence-corrected chi connectivity index (χ3v) is 2.49. The molecule has 0 aromatic heterocycles. The second-order valence-corrected chi connectivity index (χ2v) is 5.21. The quantitative estimate of drug-likeness (QED) is 0.763. The predicted molar refractivity (Wildman–Crippen MR) is 61.3 cm³/mol. The number of ether oxygens (including phenoxy) is 1. The predicted octanol–water partition coefficient (Wildman–Crippen LogP) is 1.22. The van der Waals surface area contributed by atoms with E-state index < -0.39 is 17.7 Å². The van der Waals surface area contributed by atoms with Crippen LogP contribution in [0.2, 0.25) is 0 Å². The lowest BCUT2D eigenvalue weighted by atomic mass is 9.98. The van der Waals surface area contributed by atoms with Crippen molar-refractivity contribution in [1.29, 1.82) is 0 Å². The van der Waals surface area contributed by atoms with Crippen LogP contribution in [0.25, 0.3) is 0 Å². The van der Waals surface area contributed by atoms with Gasteiger partial charge in [-0.2, -0.15) is 0 Å². The highest BCUT2D eigenvalue weighted by molar-refractivity contribution is 5.70. The number of carbonyl (C=O) groups is 2. The molecule has 1 saturated heterocycles. The van der Waals surface area contributed by atoms with Crippen molar-refractivity contribution in [2.45, 2.75) is 39.2 Å². The van der Waals surface area contributed by atoms with Crippen molar-refractivity contribution in [2.24, 2.45) is 5.92 Å². The maximum absolute atomic E-state index is 11.5. The van der Waals surface area contributed by atoms with Crippen molar-refractivity contribution in [3.63, 3.8) is 0 Å². The highest BCUT2D eigenvalue weighted by atomic mass is 16.6. The number of piperidine rings is 1. The van der Waals surface area contributed by atoms with Crippen LogP contribution in [0.1, 0.15) is 33.6 Å². The molecule has 1 heterocycles. The minimum absolute atomic E-state index is 0.299. The summed E-state index contributed by atoms with van der Waals surface area (Å²) in [7, 11) is 0.